The summed E-state index contributed by atoms with van der Waals surface area (Å²) < 4.78 is 29.2. The minimum Gasteiger partial charge on any atom is -0.506 e. The predicted molar refractivity (Wildman–Crippen MR) is 103 cm³/mol. The Morgan fingerprint density at radius 3 is 2.73 bits per heavy atom. The Labute approximate surface area is 160 Å². The van der Waals surface area contributed by atoms with Crippen LogP contribution in [0.4, 0.5) is 5.69 Å². The third kappa shape index (κ3) is 3.12. The van der Waals surface area contributed by atoms with E-state index in [1.807, 2.05) is 12.1 Å². The zero-order valence-corrected chi connectivity index (χ0v) is 15.8. The molecule has 0 fully saturated rings. The molecule has 3 N–H and O–H groups in total. The van der Waals surface area contributed by atoms with Crippen LogP contribution in [0.2, 0.25) is 10.0 Å². The molecule has 0 saturated heterocycles. The smallest absolute Gasteiger partial charge is 0.302 e. The van der Waals surface area contributed by atoms with E-state index in [1.54, 1.807) is 6.07 Å². The molecule has 3 aromatic rings. The second kappa shape index (κ2) is 6.35. The van der Waals surface area contributed by atoms with Crippen molar-refractivity contribution < 1.29 is 13.5 Å². The highest BCUT2D eigenvalue weighted by molar-refractivity contribution is 7.90. The largest absolute Gasteiger partial charge is 0.506 e. The van der Waals surface area contributed by atoms with Crippen LogP contribution in [0, 0.1) is 0 Å². The maximum atomic E-state index is 12.7. The average Bonchev–Trinajstić information content (AvgIpc) is 2.95. The van der Waals surface area contributed by atoms with E-state index in [9.17, 15) is 13.5 Å². The average molecular weight is 412 g/mol. The zero-order valence-electron chi connectivity index (χ0n) is 13.5. The van der Waals surface area contributed by atoms with Crippen LogP contribution in [-0.2, 0) is 23.2 Å². The normalized spacial score (nSPS) is 15.2. The number of phenols is 1. The molecular formula is C17H15Cl2N3O3S. The fraction of sp³-hybridized carbons (Fsp3) is 0.176. The van der Waals surface area contributed by atoms with Gasteiger partial charge in [0, 0.05) is 34.2 Å². The SMILES string of the molecule is O=S(=O)(Nc1ccc(Cl)c(O)c1)N1CCc2c([nH]c3ccc(Cl)cc23)C1. The third-order valence-electron chi connectivity index (χ3n) is 4.44. The number of phenolic OH excluding ortho intramolecular Hbond substituents is 1. The lowest BCUT2D eigenvalue weighted by molar-refractivity contribution is 0.391. The van der Waals surface area contributed by atoms with Gasteiger partial charge in [0.05, 0.1) is 17.3 Å². The molecule has 6 nitrogen and oxygen atoms in total. The molecule has 0 spiro atoms. The summed E-state index contributed by atoms with van der Waals surface area (Å²) in [7, 11) is -3.77. The Bertz CT molecular complexity index is 1110. The first-order chi connectivity index (χ1) is 12.3. The quantitative estimate of drug-likeness (QED) is 0.610. The number of hydrogen-bond donors (Lipinski definition) is 3. The Hall–Kier alpha value is -1.93. The summed E-state index contributed by atoms with van der Waals surface area (Å²) in [4.78, 5) is 3.28. The Morgan fingerprint density at radius 2 is 1.96 bits per heavy atom. The zero-order chi connectivity index (χ0) is 18.5. The molecule has 1 aliphatic rings. The van der Waals surface area contributed by atoms with Crippen LogP contribution < -0.4 is 4.72 Å². The molecule has 0 unspecified atom stereocenters. The van der Waals surface area contributed by atoms with Crippen molar-refractivity contribution in [3.05, 3.63) is 57.7 Å². The van der Waals surface area contributed by atoms with Gasteiger partial charge in [0.2, 0.25) is 0 Å². The number of fused-ring (bicyclic) bond motifs is 3. The number of aromatic amines is 1. The van der Waals surface area contributed by atoms with Crippen LogP contribution in [0.5, 0.6) is 5.75 Å². The van der Waals surface area contributed by atoms with Crippen molar-refractivity contribution >= 4 is 50.0 Å². The van der Waals surface area contributed by atoms with Crippen molar-refractivity contribution in [2.75, 3.05) is 11.3 Å². The fourth-order valence-electron chi connectivity index (χ4n) is 3.18. The first-order valence-electron chi connectivity index (χ1n) is 7.89. The summed E-state index contributed by atoms with van der Waals surface area (Å²) in [6, 6.07) is 9.80. The molecule has 0 saturated carbocycles. The lowest BCUT2D eigenvalue weighted by atomic mass is 10.0. The van der Waals surface area contributed by atoms with E-state index < -0.39 is 10.2 Å². The number of nitrogens with zero attached hydrogens (tertiary/aromatic N) is 1. The number of nitrogens with one attached hydrogen (secondary N) is 2. The van der Waals surface area contributed by atoms with Crippen molar-refractivity contribution in [3.63, 3.8) is 0 Å². The first-order valence-corrected chi connectivity index (χ1v) is 10.1. The third-order valence-corrected chi connectivity index (χ3v) is 6.47. The highest BCUT2D eigenvalue weighted by atomic mass is 35.5. The number of rotatable bonds is 3. The van der Waals surface area contributed by atoms with Crippen molar-refractivity contribution in [3.8, 4) is 5.75 Å². The number of aromatic nitrogens is 1. The molecule has 0 amide bonds. The standard InChI is InChI=1S/C17H15Cl2N3O3S/c18-10-1-4-15-13(7-10)12-5-6-22(9-16(12)20-15)26(24,25)21-11-2-3-14(19)17(23)8-11/h1-4,7-8,20-21,23H,5-6,9H2. The molecule has 0 aliphatic carbocycles. The molecule has 136 valence electrons. The van der Waals surface area contributed by atoms with Gasteiger partial charge in [-0.1, -0.05) is 23.2 Å². The van der Waals surface area contributed by atoms with Gasteiger partial charge in [0.15, 0.2) is 0 Å². The number of anilines is 1. The van der Waals surface area contributed by atoms with E-state index in [-0.39, 0.29) is 23.0 Å². The predicted octanol–water partition coefficient (Wildman–Crippen LogP) is 3.90. The number of aromatic hydroxyl groups is 1. The number of H-pyrrole nitrogens is 1. The van der Waals surface area contributed by atoms with Crippen LogP contribution in [0.15, 0.2) is 36.4 Å². The summed E-state index contributed by atoms with van der Waals surface area (Å²) in [5.74, 6) is -0.180. The molecule has 9 heteroatoms. The summed E-state index contributed by atoms with van der Waals surface area (Å²) in [5.41, 5.74) is 3.14. The molecule has 0 bridgehead atoms. The molecular weight excluding hydrogens is 397 g/mol. The van der Waals surface area contributed by atoms with Crippen molar-refractivity contribution in [2.24, 2.45) is 0 Å². The van der Waals surface area contributed by atoms with Gasteiger partial charge in [-0.15, -0.1) is 0 Å². The summed E-state index contributed by atoms with van der Waals surface area (Å²) in [6.45, 7) is 0.581. The first kappa shape index (κ1) is 17.5. The van der Waals surface area contributed by atoms with E-state index in [2.05, 4.69) is 9.71 Å². The minimum absolute atomic E-state index is 0.160. The maximum absolute atomic E-state index is 12.7. The Balaban J connectivity index is 1.61. The lowest BCUT2D eigenvalue weighted by Gasteiger charge is -2.26. The second-order valence-corrected chi connectivity index (χ2v) is 8.64. The lowest BCUT2D eigenvalue weighted by Crippen LogP contribution is -2.39. The van der Waals surface area contributed by atoms with Gasteiger partial charge in [-0.05, 0) is 42.3 Å². The molecule has 1 aromatic heterocycles. The van der Waals surface area contributed by atoms with Gasteiger partial charge in [0.25, 0.3) is 0 Å². The van der Waals surface area contributed by atoms with Crippen LogP contribution in [0.3, 0.4) is 0 Å². The van der Waals surface area contributed by atoms with Gasteiger partial charge in [-0.25, -0.2) is 0 Å². The Kier molecular flexibility index (Phi) is 4.27. The fourth-order valence-corrected chi connectivity index (χ4v) is 4.66. The van der Waals surface area contributed by atoms with Gasteiger partial charge < -0.3 is 10.1 Å². The van der Waals surface area contributed by atoms with Crippen molar-refractivity contribution in [1.29, 1.82) is 0 Å². The number of halogens is 2. The van der Waals surface area contributed by atoms with E-state index in [0.717, 1.165) is 22.2 Å². The molecule has 0 radical (unpaired) electrons. The topological polar surface area (TPSA) is 85.4 Å². The molecule has 4 rings (SSSR count). The van der Waals surface area contributed by atoms with Crippen LogP contribution in [0.25, 0.3) is 10.9 Å². The Morgan fingerprint density at radius 1 is 1.15 bits per heavy atom. The highest BCUT2D eigenvalue weighted by Gasteiger charge is 2.29. The van der Waals surface area contributed by atoms with E-state index in [4.69, 9.17) is 23.2 Å². The van der Waals surface area contributed by atoms with Gasteiger partial charge in [-0.2, -0.15) is 12.7 Å². The second-order valence-electron chi connectivity index (χ2n) is 6.13. The molecule has 2 aromatic carbocycles. The van der Waals surface area contributed by atoms with Crippen LogP contribution >= 0.6 is 23.2 Å². The number of hydrogen-bond acceptors (Lipinski definition) is 3. The summed E-state index contributed by atoms with van der Waals surface area (Å²) in [5, 5.41) is 11.5. The molecule has 2 heterocycles. The van der Waals surface area contributed by atoms with E-state index >= 15 is 0 Å². The maximum Gasteiger partial charge on any atom is 0.302 e. The van der Waals surface area contributed by atoms with Crippen molar-refractivity contribution in [1.82, 2.24) is 9.29 Å². The monoisotopic (exact) mass is 411 g/mol. The molecule has 1 aliphatic heterocycles. The van der Waals surface area contributed by atoms with Crippen LogP contribution in [-0.4, -0.2) is 29.4 Å². The summed E-state index contributed by atoms with van der Waals surface area (Å²) >= 11 is 11.8. The highest BCUT2D eigenvalue weighted by Crippen LogP contribution is 2.31. The van der Waals surface area contributed by atoms with Gasteiger partial charge in [-0.3, -0.25) is 4.72 Å². The molecule has 26 heavy (non-hydrogen) atoms. The van der Waals surface area contributed by atoms with Crippen LogP contribution in [0.1, 0.15) is 11.3 Å². The van der Waals surface area contributed by atoms with Gasteiger partial charge >= 0.3 is 10.2 Å². The molecule has 0 atom stereocenters. The van der Waals surface area contributed by atoms with E-state index in [0.29, 0.717) is 18.0 Å². The van der Waals surface area contributed by atoms with E-state index in [1.165, 1.54) is 22.5 Å². The minimum atomic E-state index is -3.77. The number of benzene rings is 2. The van der Waals surface area contributed by atoms with Crippen molar-refractivity contribution in [2.45, 2.75) is 13.0 Å². The summed E-state index contributed by atoms with van der Waals surface area (Å²) in [6.07, 6.45) is 0.586. The van der Waals surface area contributed by atoms with Gasteiger partial charge in [0.1, 0.15) is 5.75 Å².